The van der Waals surface area contributed by atoms with E-state index < -0.39 is 18.0 Å². The van der Waals surface area contributed by atoms with Gasteiger partial charge in [0, 0.05) is 5.02 Å². The summed E-state index contributed by atoms with van der Waals surface area (Å²) in [7, 11) is 0. The minimum absolute atomic E-state index is 0.284. The predicted molar refractivity (Wildman–Crippen MR) is 63.8 cm³/mol. The highest BCUT2D eigenvalue weighted by Gasteiger charge is 2.29. The van der Waals surface area contributed by atoms with Crippen LogP contribution in [0.2, 0.25) is 5.02 Å². The third-order valence-corrected chi connectivity index (χ3v) is 2.72. The Balaban J connectivity index is 3.00. The lowest BCUT2D eigenvalue weighted by molar-refractivity contribution is 0.0400. The van der Waals surface area contributed by atoms with Crippen molar-refractivity contribution in [3.8, 4) is 0 Å². The molecule has 0 bridgehead atoms. The van der Waals surface area contributed by atoms with Crippen molar-refractivity contribution in [2.75, 3.05) is 0 Å². The van der Waals surface area contributed by atoms with Crippen molar-refractivity contribution in [1.82, 2.24) is 0 Å². The average molecular weight is 246 g/mol. The van der Waals surface area contributed by atoms with E-state index in [1.807, 2.05) is 20.8 Å². The zero-order chi connectivity index (χ0) is 12.5. The van der Waals surface area contributed by atoms with Crippen molar-refractivity contribution < 1.29 is 9.50 Å². The molecule has 0 fully saturated rings. The third kappa shape index (κ3) is 3.17. The molecule has 1 aromatic carbocycles. The lowest BCUT2D eigenvalue weighted by Gasteiger charge is -2.31. The Morgan fingerprint density at radius 2 is 1.88 bits per heavy atom. The minimum Gasteiger partial charge on any atom is -0.391 e. The summed E-state index contributed by atoms with van der Waals surface area (Å²) in [6.07, 6.45) is -0.759. The molecule has 2 nitrogen and oxygen atoms in total. The normalized spacial score (nSPS) is 15.9. The van der Waals surface area contributed by atoms with Crippen LogP contribution in [0.4, 0.5) is 4.39 Å². The van der Waals surface area contributed by atoms with Crippen LogP contribution in [0, 0.1) is 11.2 Å². The zero-order valence-corrected chi connectivity index (χ0v) is 10.4. The number of halogens is 2. The summed E-state index contributed by atoms with van der Waals surface area (Å²) in [5.41, 5.74) is 6.03. The summed E-state index contributed by atoms with van der Waals surface area (Å²) in [5, 5.41) is 10.3. The molecule has 1 aromatic rings. The summed E-state index contributed by atoms with van der Waals surface area (Å²) in [6.45, 7) is 5.62. The van der Waals surface area contributed by atoms with E-state index in [4.69, 9.17) is 17.3 Å². The van der Waals surface area contributed by atoms with E-state index in [1.165, 1.54) is 12.1 Å². The van der Waals surface area contributed by atoms with Gasteiger partial charge in [0.1, 0.15) is 5.82 Å². The van der Waals surface area contributed by atoms with Crippen LogP contribution in [0.5, 0.6) is 0 Å². The van der Waals surface area contributed by atoms with E-state index in [-0.39, 0.29) is 10.4 Å². The maximum atomic E-state index is 13.1. The van der Waals surface area contributed by atoms with E-state index in [2.05, 4.69) is 0 Å². The number of hydrogen-bond donors (Lipinski definition) is 2. The van der Waals surface area contributed by atoms with Crippen LogP contribution in [-0.2, 0) is 0 Å². The van der Waals surface area contributed by atoms with Gasteiger partial charge in [0.25, 0.3) is 0 Å². The topological polar surface area (TPSA) is 46.2 Å². The first-order valence-electron chi connectivity index (χ1n) is 5.11. The SMILES string of the molecule is CC(C)(C)[C@H](O)[C@H](N)c1cc(F)cc(Cl)c1. The number of nitrogens with two attached hydrogens (primary N) is 1. The van der Waals surface area contributed by atoms with Gasteiger partial charge < -0.3 is 10.8 Å². The monoisotopic (exact) mass is 245 g/mol. The molecule has 0 unspecified atom stereocenters. The van der Waals surface area contributed by atoms with E-state index >= 15 is 0 Å². The predicted octanol–water partition coefficient (Wildman–Crippen LogP) is 2.89. The Hall–Kier alpha value is -0.640. The highest BCUT2D eigenvalue weighted by Crippen LogP contribution is 2.29. The maximum absolute atomic E-state index is 13.1. The third-order valence-electron chi connectivity index (χ3n) is 2.50. The van der Waals surface area contributed by atoms with E-state index in [0.717, 1.165) is 0 Å². The number of rotatable bonds is 2. The van der Waals surface area contributed by atoms with Crippen LogP contribution >= 0.6 is 11.6 Å². The van der Waals surface area contributed by atoms with E-state index in [1.54, 1.807) is 6.07 Å². The van der Waals surface area contributed by atoms with Crippen molar-refractivity contribution in [2.45, 2.75) is 32.9 Å². The standard InChI is InChI=1S/C12H17ClFNO/c1-12(2,3)11(16)10(15)7-4-8(13)6-9(14)5-7/h4-6,10-11,16H,15H2,1-3H3/t10-,11-/m1/s1. The molecule has 0 aromatic heterocycles. The smallest absolute Gasteiger partial charge is 0.125 e. The summed E-state index contributed by atoms with van der Waals surface area (Å²) >= 11 is 5.74. The molecule has 16 heavy (non-hydrogen) atoms. The molecular formula is C12H17ClFNO. The van der Waals surface area contributed by atoms with Crippen molar-refractivity contribution >= 4 is 11.6 Å². The van der Waals surface area contributed by atoms with Gasteiger partial charge in [-0.2, -0.15) is 0 Å². The Kier molecular flexibility index (Phi) is 3.94. The van der Waals surface area contributed by atoms with Gasteiger partial charge >= 0.3 is 0 Å². The molecule has 0 spiro atoms. The Morgan fingerprint density at radius 1 is 1.31 bits per heavy atom. The molecule has 0 aliphatic rings. The van der Waals surface area contributed by atoms with Crippen LogP contribution in [0.3, 0.4) is 0 Å². The summed E-state index contributed by atoms with van der Waals surface area (Å²) in [4.78, 5) is 0. The molecule has 90 valence electrons. The molecule has 3 N–H and O–H groups in total. The second-order valence-electron chi connectivity index (χ2n) is 5.04. The first kappa shape index (κ1) is 13.4. The van der Waals surface area contributed by atoms with Crippen LogP contribution in [0.15, 0.2) is 18.2 Å². The highest BCUT2D eigenvalue weighted by atomic mass is 35.5. The van der Waals surface area contributed by atoms with E-state index in [0.29, 0.717) is 5.56 Å². The number of aliphatic hydroxyl groups is 1. The molecular weight excluding hydrogens is 229 g/mol. The second kappa shape index (κ2) is 4.70. The van der Waals surface area contributed by atoms with Gasteiger partial charge in [-0.3, -0.25) is 0 Å². The van der Waals surface area contributed by atoms with Crippen molar-refractivity contribution in [2.24, 2.45) is 11.1 Å². The number of hydrogen-bond acceptors (Lipinski definition) is 2. The van der Waals surface area contributed by atoms with Crippen LogP contribution in [-0.4, -0.2) is 11.2 Å². The fourth-order valence-electron chi connectivity index (χ4n) is 1.49. The quantitative estimate of drug-likeness (QED) is 0.842. The fraction of sp³-hybridized carbons (Fsp3) is 0.500. The van der Waals surface area contributed by atoms with Gasteiger partial charge in [0.15, 0.2) is 0 Å². The summed E-state index contributed by atoms with van der Waals surface area (Å²) in [5.74, 6) is -0.445. The lowest BCUT2D eigenvalue weighted by Crippen LogP contribution is -2.37. The molecule has 1 rings (SSSR count). The lowest BCUT2D eigenvalue weighted by atomic mass is 9.82. The van der Waals surface area contributed by atoms with Gasteiger partial charge in [-0.25, -0.2) is 4.39 Å². The molecule has 0 aliphatic carbocycles. The largest absolute Gasteiger partial charge is 0.391 e. The fourth-order valence-corrected chi connectivity index (χ4v) is 1.72. The Morgan fingerprint density at radius 3 is 2.31 bits per heavy atom. The zero-order valence-electron chi connectivity index (χ0n) is 9.67. The Bertz CT molecular complexity index is 356. The molecule has 0 amide bonds. The van der Waals surface area contributed by atoms with Gasteiger partial charge in [0.2, 0.25) is 0 Å². The second-order valence-corrected chi connectivity index (χ2v) is 5.48. The van der Waals surface area contributed by atoms with Gasteiger partial charge in [-0.1, -0.05) is 32.4 Å². The first-order valence-corrected chi connectivity index (χ1v) is 5.49. The molecule has 0 saturated carbocycles. The highest BCUT2D eigenvalue weighted by molar-refractivity contribution is 6.30. The van der Waals surface area contributed by atoms with Crippen molar-refractivity contribution in [3.63, 3.8) is 0 Å². The molecule has 4 heteroatoms. The van der Waals surface area contributed by atoms with E-state index in [9.17, 15) is 9.50 Å². The summed E-state index contributed by atoms with van der Waals surface area (Å²) in [6, 6.07) is 3.44. The molecule has 0 radical (unpaired) electrons. The Labute approximate surface area is 100 Å². The number of aliphatic hydroxyl groups excluding tert-OH is 1. The summed E-state index contributed by atoms with van der Waals surface area (Å²) < 4.78 is 13.1. The van der Waals surface area contributed by atoms with Crippen LogP contribution in [0.1, 0.15) is 32.4 Å². The molecule has 0 saturated heterocycles. The van der Waals surface area contributed by atoms with Gasteiger partial charge in [-0.05, 0) is 29.2 Å². The van der Waals surface area contributed by atoms with Crippen molar-refractivity contribution in [1.29, 1.82) is 0 Å². The molecule has 0 heterocycles. The minimum atomic E-state index is -0.759. The molecule has 2 atom stereocenters. The average Bonchev–Trinajstić information content (AvgIpc) is 2.12. The number of benzene rings is 1. The van der Waals surface area contributed by atoms with Gasteiger partial charge in [0.05, 0.1) is 12.1 Å². The first-order chi connectivity index (χ1) is 7.21. The maximum Gasteiger partial charge on any atom is 0.125 e. The van der Waals surface area contributed by atoms with Gasteiger partial charge in [-0.15, -0.1) is 0 Å². The molecule has 0 aliphatic heterocycles. The van der Waals surface area contributed by atoms with Crippen LogP contribution in [0.25, 0.3) is 0 Å². The van der Waals surface area contributed by atoms with Crippen LogP contribution < -0.4 is 5.73 Å². The van der Waals surface area contributed by atoms with Crippen molar-refractivity contribution in [3.05, 3.63) is 34.6 Å².